The molecule has 0 aliphatic rings. The molecule has 4 N–H and O–H groups in total. The summed E-state index contributed by atoms with van der Waals surface area (Å²) in [5.74, 6) is 5.65. The lowest BCUT2D eigenvalue weighted by Crippen LogP contribution is -1.92. The fraction of sp³-hybridized carbons (Fsp3) is 0.286. The lowest BCUT2D eigenvalue weighted by Gasteiger charge is -1.79. The van der Waals surface area contributed by atoms with Gasteiger partial charge in [0.2, 0.25) is 0 Å². The quantitative estimate of drug-likeness (QED) is 0.548. The fourth-order valence-electron chi connectivity index (χ4n) is 0.665. The first-order chi connectivity index (χ1) is 5.24. The van der Waals surface area contributed by atoms with Crippen molar-refractivity contribution in [3.8, 4) is 11.8 Å². The van der Waals surface area contributed by atoms with Crippen molar-refractivity contribution in [3.63, 3.8) is 0 Å². The largest absolute Gasteiger partial charge is 0.375 e. The molecule has 0 aromatic carbocycles. The Balaban J connectivity index is 2.94. The summed E-state index contributed by atoms with van der Waals surface area (Å²) < 4.78 is 0. The number of anilines is 1. The first-order valence-corrected chi connectivity index (χ1v) is 3.97. The van der Waals surface area contributed by atoms with Crippen molar-refractivity contribution in [2.24, 2.45) is 5.73 Å². The van der Waals surface area contributed by atoms with Gasteiger partial charge in [0, 0.05) is 0 Å². The van der Waals surface area contributed by atoms with E-state index < -0.39 is 0 Å². The van der Waals surface area contributed by atoms with Crippen LogP contribution in [0.15, 0.2) is 0 Å². The number of hydrogen-bond donors (Lipinski definition) is 2. The van der Waals surface area contributed by atoms with Crippen molar-refractivity contribution in [2.45, 2.75) is 6.92 Å². The van der Waals surface area contributed by atoms with E-state index in [-0.39, 0.29) is 0 Å². The van der Waals surface area contributed by atoms with Crippen LogP contribution in [-0.2, 0) is 0 Å². The Bertz CT molecular complexity index is 305. The van der Waals surface area contributed by atoms with Gasteiger partial charge in [-0.2, -0.15) is 0 Å². The maximum atomic E-state index is 5.46. The van der Waals surface area contributed by atoms with Gasteiger partial charge in [0.25, 0.3) is 0 Å². The SMILES string of the molecule is Cc1nc(N)sc1C#CCN. The first kappa shape index (κ1) is 8.05. The van der Waals surface area contributed by atoms with Gasteiger partial charge in [-0.3, -0.25) is 0 Å². The molecule has 0 unspecified atom stereocenters. The summed E-state index contributed by atoms with van der Waals surface area (Å²) in [7, 11) is 0. The summed E-state index contributed by atoms with van der Waals surface area (Å²) in [6.45, 7) is 2.25. The molecule has 1 rings (SSSR count). The predicted molar refractivity (Wildman–Crippen MR) is 47.2 cm³/mol. The molecular formula is C7H9N3S. The van der Waals surface area contributed by atoms with Crippen LogP contribution >= 0.6 is 11.3 Å². The monoisotopic (exact) mass is 167 g/mol. The molecule has 1 aromatic rings. The average Bonchev–Trinajstić information content (AvgIpc) is 2.26. The number of aryl methyl sites for hydroxylation is 1. The Morgan fingerprint density at radius 2 is 2.36 bits per heavy atom. The maximum Gasteiger partial charge on any atom is 0.181 e. The zero-order valence-electron chi connectivity index (χ0n) is 6.22. The second-order valence-electron chi connectivity index (χ2n) is 1.97. The average molecular weight is 167 g/mol. The Labute approximate surface area is 69.4 Å². The van der Waals surface area contributed by atoms with E-state index in [9.17, 15) is 0 Å². The van der Waals surface area contributed by atoms with Crippen molar-refractivity contribution in [1.82, 2.24) is 4.98 Å². The van der Waals surface area contributed by atoms with Gasteiger partial charge >= 0.3 is 0 Å². The Morgan fingerprint density at radius 3 is 2.82 bits per heavy atom. The van der Waals surface area contributed by atoms with Gasteiger partial charge in [0.05, 0.1) is 12.2 Å². The number of nitrogens with zero attached hydrogens (tertiary/aromatic N) is 1. The number of nitrogen functional groups attached to an aromatic ring is 1. The molecule has 0 radical (unpaired) electrons. The molecule has 0 aliphatic carbocycles. The summed E-state index contributed by atoms with van der Waals surface area (Å²) in [5.41, 5.74) is 11.6. The van der Waals surface area contributed by atoms with E-state index in [0.29, 0.717) is 11.7 Å². The topological polar surface area (TPSA) is 64.9 Å². The Kier molecular flexibility index (Phi) is 2.47. The summed E-state index contributed by atoms with van der Waals surface area (Å²) in [5, 5.41) is 0.559. The number of hydrogen-bond acceptors (Lipinski definition) is 4. The molecule has 0 saturated heterocycles. The molecule has 58 valence electrons. The van der Waals surface area contributed by atoms with Gasteiger partial charge in [0.15, 0.2) is 5.13 Å². The van der Waals surface area contributed by atoms with Gasteiger partial charge in [-0.1, -0.05) is 23.2 Å². The third-order valence-corrected chi connectivity index (χ3v) is 2.02. The highest BCUT2D eigenvalue weighted by Gasteiger charge is 2.00. The van der Waals surface area contributed by atoms with Crippen LogP contribution in [0.25, 0.3) is 0 Å². The molecule has 0 spiro atoms. The third-order valence-electron chi connectivity index (χ3n) is 1.12. The van der Waals surface area contributed by atoms with Gasteiger partial charge in [-0.15, -0.1) is 0 Å². The van der Waals surface area contributed by atoms with E-state index >= 15 is 0 Å². The second kappa shape index (κ2) is 3.37. The smallest absolute Gasteiger partial charge is 0.181 e. The van der Waals surface area contributed by atoms with Gasteiger partial charge < -0.3 is 11.5 Å². The Morgan fingerprint density at radius 1 is 1.64 bits per heavy atom. The molecule has 3 nitrogen and oxygen atoms in total. The van der Waals surface area contributed by atoms with Crippen LogP contribution in [0.5, 0.6) is 0 Å². The summed E-state index contributed by atoms with van der Waals surface area (Å²) in [4.78, 5) is 4.93. The number of aromatic nitrogens is 1. The summed E-state index contributed by atoms with van der Waals surface area (Å²) in [6, 6.07) is 0. The molecule has 0 saturated carbocycles. The molecule has 0 bridgehead atoms. The van der Waals surface area contributed by atoms with E-state index in [1.54, 1.807) is 0 Å². The van der Waals surface area contributed by atoms with Gasteiger partial charge in [0.1, 0.15) is 4.88 Å². The number of nitrogens with two attached hydrogens (primary N) is 2. The van der Waals surface area contributed by atoms with Crippen LogP contribution in [0.2, 0.25) is 0 Å². The van der Waals surface area contributed by atoms with E-state index in [2.05, 4.69) is 16.8 Å². The molecule has 1 aromatic heterocycles. The highest BCUT2D eigenvalue weighted by Crippen LogP contribution is 2.17. The van der Waals surface area contributed by atoms with Crippen molar-refractivity contribution in [2.75, 3.05) is 12.3 Å². The highest BCUT2D eigenvalue weighted by atomic mass is 32.1. The zero-order chi connectivity index (χ0) is 8.27. The number of rotatable bonds is 0. The summed E-state index contributed by atoms with van der Waals surface area (Å²) >= 11 is 1.39. The van der Waals surface area contributed by atoms with Crippen LogP contribution in [0, 0.1) is 18.8 Å². The van der Waals surface area contributed by atoms with Gasteiger partial charge in [-0.25, -0.2) is 4.98 Å². The van der Waals surface area contributed by atoms with E-state index in [4.69, 9.17) is 11.5 Å². The van der Waals surface area contributed by atoms with E-state index in [0.717, 1.165) is 10.6 Å². The normalized spacial score (nSPS) is 8.91. The molecule has 4 heteroatoms. The highest BCUT2D eigenvalue weighted by molar-refractivity contribution is 7.16. The zero-order valence-corrected chi connectivity index (χ0v) is 7.03. The first-order valence-electron chi connectivity index (χ1n) is 3.16. The van der Waals surface area contributed by atoms with Crippen molar-refractivity contribution < 1.29 is 0 Å². The second-order valence-corrected chi connectivity index (χ2v) is 3.00. The van der Waals surface area contributed by atoms with E-state index in [1.807, 2.05) is 6.92 Å². The molecule has 1 heterocycles. The molecule has 0 aliphatic heterocycles. The van der Waals surface area contributed by atoms with Crippen LogP contribution in [0.1, 0.15) is 10.6 Å². The molecule has 0 amide bonds. The van der Waals surface area contributed by atoms with Crippen molar-refractivity contribution in [3.05, 3.63) is 10.6 Å². The van der Waals surface area contributed by atoms with Crippen molar-refractivity contribution in [1.29, 1.82) is 0 Å². The van der Waals surface area contributed by atoms with Gasteiger partial charge in [-0.05, 0) is 6.92 Å². The van der Waals surface area contributed by atoms with Crippen LogP contribution in [0.4, 0.5) is 5.13 Å². The standard InChI is InChI=1S/C7H9N3S/c1-5-6(3-2-4-8)11-7(9)10-5/h4,8H2,1H3,(H2,9,10). The maximum absolute atomic E-state index is 5.46. The Hall–Kier alpha value is -1.05. The van der Waals surface area contributed by atoms with Crippen LogP contribution < -0.4 is 11.5 Å². The molecular weight excluding hydrogens is 158 g/mol. The van der Waals surface area contributed by atoms with Crippen LogP contribution in [-0.4, -0.2) is 11.5 Å². The molecule has 0 atom stereocenters. The lowest BCUT2D eigenvalue weighted by atomic mass is 10.4. The van der Waals surface area contributed by atoms with E-state index in [1.165, 1.54) is 11.3 Å². The molecule has 11 heavy (non-hydrogen) atoms. The minimum atomic E-state index is 0.372. The lowest BCUT2D eigenvalue weighted by molar-refractivity contribution is 1.26. The number of thiazole rings is 1. The molecule has 0 fully saturated rings. The van der Waals surface area contributed by atoms with Crippen LogP contribution in [0.3, 0.4) is 0 Å². The fourth-order valence-corrected chi connectivity index (χ4v) is 1.37. The third kappa shape index (κ3) is 1.93. The minimum Gasteiger partial charge on any atom is -0.375 e. The van der Waals surface area contributed by atoms with Crippen molar-refractivity contribution >= 4 is 16.5 Å². The summed E-state index contributed by atoms with van der Waals surface area (Å²) in [6.07, 6.45) is 0. The minimum absolute atomic E-state index is 0.372. The predicted octanol–water partition coefficient (Wildman–Crippen LogP) is 0.344.